The summed E-state index contributed by atoms with van der Waals surface area (Å²) in [5.41, 5.74) is 3.55. The van der Waals surface area contributed by atoms with Gasteiger partial charge in [-0.05, 0) is 26.1 Å². The van der Waals surface area contributed by atoms with Gasteiger partial charge < -0.3 is 5.32 Å². The normalized spacial score (nSPS) is 12.8. The van der Waals surface area contributed by atoms with Crippen LogP contribution in [-0.4, -0.2) is 16.8 Å². The molecule has 1 unspecified atom stereocenters. The molecule has 0 bridgehead atoms. The summed E-state index contributed by atoms with van der Waals surface area (Å²) < 4.78 is 16.1. The quantitative estimate of drug-likeness (QED) is 0.799. The van der Waals surface area contributed by atoms with E-state index in [4.69, 9.17) is 0 Å². The van der Waals surface area contributed by atoms with E-state index < -0.39 is 0 Å². The van der Waals surface area contributed by atoms with Gasteiger partial charge in [-0.2, -0.15) is 5.10 Å². The van der Waals surface area contributed by atoms with E-state index in [1.54, 1.807) is 6.07 Å². The summed E-state index contributed by atoms with van der Waals surface area (Å²) >= 11 is 0. The summed E-state index contributed by atoms with van der Waals surface area (Å²) in [5, 5.41) is 8.83. The maximum absolute atomic E-state index is 14.2. The lowest BCUT2D eigenvalue weighted by Gasteiger charge is -2.16. The van der Waals surface area contributed by atoms with Gasteiger partial charge >= 0.3 is 0 Å². The van der Waals surface area contributed by atoms with Crippen molar-refractivity contribution >= 4 is 10.9 Å². The molecule has 108 valence electrons. The topological polar surface area (TPSA) is 29.9 Å². The number of aromatic nitrogens is 2. The van der Waals surface area contributed by atoms with Crippen molar-refractivity contribution in [2.45, 2.75) is 13.0 Å². The van der Waals surface area contributed by atoms with Gasteiger partial charge in [0, 0.05) is 18.0 Å². The van der Waals surface area contributed by atoms with E-state index >= 15 is 0 Å². The number of nitrogens with one attached hydrogen (secondary N) is 1. The van der Waals surface area contributed by atoms with Crippen LogP contribution in [0.2, 0.25) is 0 Å². The summed E-state index contributed by atoms with van der Waals surface area (Å²) in [6.45, 7) is 1.96. The minimum atomic E-state index is -0.268. The molecule has 0 aliphatic rings. The second-order valence-electron chi connectivity index (χ2n) is 5.27. The molecular formula is C17H18FN3. The van der Waals surface area contributed by atoms with Gasteiger partial charge in [0.2, 0.25) is 0 Å². The zero-order chi connectivity index (χ0) is 15.0. The maximum Gasteiger partial charge on any atom is 0.128 e. The third-order valence-electron chi connectivity index (χ3n) is 3.81. The van der Waals surface area contributed by atoms with Crippen LogP contribution in [0.5, 0.6) is 0 Å². The number of hydrogen-bond acceptors (Lipinski definition) is 2. The highest BCUT2D eigenvalue weighted by atomic mass is 19.1. The van der Waals surface area contributed by atoms with Crippen molar-refractivity contribution in [2.75, 3.05) is 7.05 Å². The van der Waals surface area contributed by atoms with Crippen LogP contribution in [0.4, 0.5) is 4.39 Å². The lowest BCUT2D eigenvalue weighted by Crippen LogP contribution is -2.20. The highest BCUT2D eigenvalue weighted by Gasteiger charge is 2.22. The molecule has 3 nitrogen and oxygen atoms in total. The highest BCUT2D eigenvalue weighted by Crippen LogP contribution is 2.29. The van der Waals surface area contributed by atoms with Crippen LogP contribution in [-0.2, 0) is 7.05 Å². The Balaban J connectivity index is 2.21. The van der Waals surface area contributed by atoms with Crippen molar-refractivity contribution in [3.8, 4) is 0 Å². The van der Waals surface area contributed by atoms with E-state index in [9.17, 15) is 4.39 Å². The summed E-state index contributed by atoms with van der Waals surface area (Å²) in [7, 11) is 3.74. The Kier molecular flexibility index (Phi) is 3.47. The smallest absolute Gasteiger partial charge is 0.128 e. The standard InChI is InChI=1S/C17H18FN3/c1-11-8-9-14(18)13(10-11)16(19-2)17-12-6-4-5-7-15(12)21(3)20-17/h4-10,16,19H,1-3H3. The first-order valence-corrected chi connectivity index (χ1v) is 6.96. The zero-order valence-electron chi connectivity index (χ0n) is 12.4. The number of halogens is 1. The minimum Gasteiger partial charge on any atom is -0.308 e. The average Bonchev–Trinajstić information content (AvgIpc) is 2.81. The molecule has 1 atom stereocenters. The van der Waals surface area contributed by atoms with Crippen LogP contribution >= 0.6 is 0 Å². The first-order valence-electron chi connectivity index (χ1n) is 6.96. The fourth-order valence-corrected chi connectivity index (χ4v) is 2.78. The predicted octanol–water partition coefficient (Wildman–Crippen LogP) is 3.33. The lowest BCUT2D eigenvalue weighted by atomic mass is 9.99. The molecule has 0 aliphatic heterocycles. The van der Waals surface area contributed by atoms with Crippen molar-refractivity contribution in [1.82, 2.24) is 15.1 Å². The number of hydrogen-bond donors (Lipinski definition) is 1. The van der Waals surface area contributed by atoms with Crippen molar-refractivity contribution in [1.29, 1.82) is 0 Å². The molecule has 1 heterocycles. The Labute approximate surface area is 123 Å². The number of para-hydroxylation sites is 1. The second-order valence-corrected chi connectivity index (χ2v) is 5.27. The van der Waals surface area contributed by atoms with Crippen molar-refractivity contribution in [3.63, 3.8) is 0 Å². The first-order chi connectivity index (χ1) is 10.1. The molecule has 2 aromatic carbocycles. The van der Waals surface area contributed by atoms with E-state index in [0.29, 0.717) is 5.56 Å². The van der Waals surface area contributed by atoms with E-state index in [1.165, 1.54) is 6.07 Å². The fraction of sp³-hybridized carbons (Fsp3) is 0.235. The van der Waals surface area contributed by atoms with Gasteiger partial charge in [0.25, 0.3) is 0 Å². The van der Waals surface area contributed by atoms with Crippen LogP contribution in [0, 0.1) is 12.7 Å². The minimum absolute atomic E-state index is 0.213. The van der Waals surface area contributed by atoms with Gasteiger partial charge in [-0.25, -0.2) is 4.39 Å². The summed E-state index contributed by atoms with van der Waals surface area (Å²) in [4.78, 5) is 0. The van der Waals surface area contributed by atoms with Gasteiger partial charge in [-0.15, -0.1) is 0 Å². The Morgan fingerprint density at radius 2 is 1.95 bits per heavy atom. The number of aryl methyl sites for hydroxylation is 2. The molecule has 0 saturated carbocycles. The molecule has 3 rings (SSSR count). The summed E-state index contributed by atoms with van der Waals surface area (Å²) in [6.07, 6.45) is 0. The Morgan fingerprint density at radius 3 is 2.71 bits per heavy atom. The average molecular weight is 283 g/mol. The van der Waals surface area contributed by atoms with Crippen molar-refractivity contribution in [2.24, 2.45) is 7.05 Å². The SMILES string of the molecule is CNC(c1cc(C)ccc1F)c1nn(C)c2ccccc12. The van der Waals surface area contributed by atoms with Gasteiger partial charge in [0.15, 0.2) is 0 Å². The molecular weight excluding hydrogens is 265 g/mol. The van der Waals surface area contributed by atoms with E-state index in [2.05, 4.69) is 10.4 Å². The molecule has 0 radical (unpaired) electrons. The Bertz CT molecular complexity index is 792. The van der Waals surface area contributed by atoms with Crippen LogP contribution in [0.3, 0.4) is 0 Å². The fourth-order valence-electron chi connectivity index (χ4n) is 2.78. The summed E-state index contributed by atoms with van der Waals surface area (Å²) in [5.74, 6) is -0.213. The molecule has 0 amide bonds. The molecule has 4 heteroatoms. The van der Waals surface area contributed by atoms with Crippen LogP contribution in [0.25, 0.3) is 10.9 Å². The lowest BCUT2D eigenvalue weighted by molar-refractivity contribution is 0.566. The first kappa shape index (κ1) is 13.8. The number of nitrogens with zero attached hydrogens (tertiary/aromatic N) is 2. The van der Waals surface area contributed by atoms with Gasteiger partial charge in [-0.3, -0.25) is 4.68 Å². The molecule has 21 heavy (non-hydrogen) atoms. The van der Waals surface area contributed by atoms with Crippen LogP contribution in [0.15, 0.2) is 42.5 Å². The Morgan fingerprint density at radius 1 is 1.19 bits per heavy atom. The van der Waals surface area contributed by atoms with Crippen molar-refractivity contribution in [3.05, 3.63) is 65.1 Å². The van der Waals surface area contributed by atoms with Crippen molar-refractivity contribution < 1.29 is 4.39 Å². The highest BCUT2D eigenvalue weighted by molar-refractivity contribution is 5.82. The van der Waals surface area contributed by atoms with Crippen LogP contribution < -0.4 is 5.32 Å². The number of benzene rings is 2. The van der Waals surface area contributed by atoms with E-state index in [1.807, 2.05) is 56.0 Å². The third kappa shape index (κ3) is 2.32. The van der Waals surface area contributed by atoms with Gasteiger partial charge in [0.1, 0.15) is 5.82 Å². The molecule has 3 aromatic rings. The van der Waals surface area contributed by atoms with E-state index in [-0.39, 0.29) is 11.9 Å². The molecule has 1 N–H and O–H groups in total. The summed E-state index contributed by atoms with van der Waals surface area (Å²) in [6, 6.07) is 12.9. The van der Waals surface area contributed by atoms with Gasteiger partial charge in [0.05, 0.1) is 17.3 Å². The molecule has 0 fully saturated rings. The maximum atomic E-state index is 14.2. The molecule has 0 saturated heterocycles. The second kappa shape index (κ2) is 5.30. The third-order valence-corrected chi connectivity index (χ3v) is 3.81. The molecule has 0 spiro atoms. The number of rotatable bonds is 3. The zero-order valence-corrected chi connectivity index (χ0v) is 12.4. The van der Waals surface area contributed by atoms with Crippen LogP contribution in [0.1, 0.15) is 22.9 Å². The number of fused-ring (bicyclic) bond motifs is 1. The molecule has 0 aliphatic carbocycles. The predicted molar refractivity (Wildman–Crippen MR) is 82.8 cm³/mol. The Hall–Kier alpha value is -2.20. The molecule has 1 aromatic heterocycles. The van der Waals surface area contributed by atoms with E-state index in [0.717, 1.165) is 22.2 Å². The monoisotopic (exact) mass is 283 g/mol. The largest absolute Gasteiger partial charge is 0.308 e. The van der Waals surface area contributed by atoms with Gasteiger partial charge in [-0.1, -0.05) is 35.9 Å².